The highest BCUT2D eigenvalue weighted by Crippen LogP contribution is 2.41. The minimum Gasteiger partial charge on any atom is -0.493 e. The molecule has 3 rings (SSSR count). The molecule has 0 spiro atoms. The standard InChI is InChI=1S/C19H18N2O7/c1-24-14-8-12(9-15(25-2)17(14)26-3)19-20-18(21-28-19)11-5-4-6-13(7-11)27-10-16(22)23/h4-9H,10H2,1-3H3,(H,22,23). The molecule has 1 N–H and O–H groups in total. The number of hydrogen-bond donors (Lipinski definition) is 1. The van der Waals surface area contributed by atoms with Gasteiger partial charge >= 0.3 is 5.97 Å². The van der Waals surface area contributed by atoms with Crippen LogP contribution in [0.1, 0.15) is 0 Å². The smallest absolute Gasteiger partial charge is 0.341 e. The molecule has 0 amide bonds. The molecule has 2 aromatic carbocycles. The van der Waals surface area contributed by atoms with Crippen LogP contribution < -0.4 is 18.9 Å². The lowest BCUT2D eigenvalue weighted by atomic mass is 10.1. The van der Waals surface area contributed by atoms with Gasteiger partial charge < -0.3 is 28.6 Å². The van der Waals surface area contributed by atoms with Crippen LogP contribution in [0.4, 0.5) is 0 Å². The molecule has 146 valence electrons. The number of rotatable bonds is 8. The van der Waals surface area contributed by atoms with Crippen molar-refractivity contribution in [3.05, 3.63) is 36.4 Å². The van der Waals surface area contributed by atoms with Gasteiger partial charge in [-0.3, -0.25) is 0 Å². The normalized spacial score (nSPS) is 10.4. The van der Waals surface area contributed by atoms with E-state index in [0.717, 1.165) is 0 Å². The van der Waals surface area contributed by atoms with Gasteiger partial charge in [-0.1, -0.05) is 17.3 Å². The molecule has 0 aliphatic rings. The molecule has 0 aliphatic carbocycles. The SMILES string of the molecule is COc1cc(-c2nc(-c3cccc(OCC(=O)O)c3)no2)cc(OC)c1OC. The number of nitrogens with zero attached hydrogens (tertiary/aromatic N) is 2. The number of aromatic nitrogens is 2. The molecule has 0 fully saturated rings. The van der Waals surface area contributed by atoms with Crippen molar-refractivity contribution in [1.29, 1.82) is 0 Å². The summed E-state index contributed by atoms with van der Waals surface area (Å²) in [5, 5.41) is 12.7. The molecule has 1 heterocycles. The molecule has 0 unspecified atom stereocenters. The van der Waals surface area contributed by atoms with E-state index in [2.05, 4.69) is 10.1 Å². The number of hydrogen-bond acceptors (Lipinski definition) is 8. The van der Waals surface area contributed by atoms with Crippen molar-refractivity contribution in [2.24, 2.45) is 0 Å². The summed E-state index contributed by atoms with van der Waals surface area (Å²) in [5.74, 6) is 1.28. The van der Waals surface area contributed by atoms with Crippen LogP contribution in [0, 0.1) is 0 Å². The maximum Gasteiger partial charge on any atom is 0.341 e. The number of benzene rings is 2. The van der Waals surface area contributed by atoms with Gasteiger partial charge in [0, 0.05) is 11.1 Å². The summed E-state index contributed by atoms with van der Waals surface area (Å²) in [4.78, 5) is 15.0. The average Bonchev–Trinajstić information content (AvgIpc) is 3.21. The molecule has 0 saturated heterocycles. The molecule has 0 atom stereocenters. The minimum absolute atomic E-state index is 0.256. The number of carboxylic acid groups (broad SMARTS) is 1. The first-order valence-corrected chi connectivity index (χ1v) is 8.14. The summed E-state index contributed by atoms with van der Waals surface area (Å²) in [6.07, 6.45) is 0. The highest BCUT2D eigenvalue weighted by atomic mass is 16.5. The predicted molar refractivity (Wildman–Crippen MR) is 98.0 cm³/mol. The summed E-state index contributed by atoms with van der Waals surface area (Å²) in [7, 11) is 4.55. The van der Waals surface area contributed by atoms with Crippen molar-refractivity contribution < 1.29 is 33.4 Å². The number of carbonyl (C=O) groups is 1. The van der Waals surface area contributed by atoms with Gasteiger partial charge in [-0.05, 0) is 24.3 Å². The molecule has 0 aliphatic heterocycles. The van der Waals surface area contributed by atoms with Crippen molar-refractivity contribution in [2.45, 2.75) is 0 Å². The monoisotopic (exact) mass is 386 g/mol. The highest BCUT2D eigenvalue weighted by molar-refractivity contribution is 5.69. The van der Waals surface area contributed by atoms with Crippen LogP contribution in [-0.4, -0.2) is 49.2 Å². The van der Waals surface area contributed by atoms with Crippen LogP contribution in [0.15, 0.2) is 40.9 Å². The summed E-state index contributed by atoms with van der Waals surface area (Å²) in [6.45, 7) is -0.438. The van der Waals surface area contributed by atoms with E-state index in [-0.39, 0.29) is 5.89 Å². The van der Waals surface area contributed by atoms with Crippen molar-refractivity contribution in [3.63, 3.8) is 0 Å². The second-order valence-corrected chi connectivity index (χ2v) is 5.55. The Bertz CT molecular complexity index is 959. The Morgan fingerprint density at radius 1 is 1.04 bits per heavy atom. The highest BCUT2D eigenvalue weighted by Gasteiger charge is 2.18. The number of aliphatic carboxylic acids is 1. The Hall–Kier alpha value is -3.75. The van der Waals surface area contributed by atoms with Crippen LogP contribution in [-0.2, 0) is 4.79 Å². The molecule has 0 radical (unpaired) electrons. The fourth-order valence-electron chi connectivity index (χ4n) is 2.53. The summed E-state index contributed by atoms with van der Waals surface area (Å²) >= 11 is 0. The molecule has 3 aromatic rings. The molecule has 0 saturated carbocycles. The maximum absolute atomic E-state index is 10.6. The van der Waals surface area contributed by atoms with E-state index in [1.54, 1.807) is 36.4 Å². The predicted octanol–water partition coefficient (Wildman–Crippen LogP) is 2.89. The Morgan fingerprint density at radius 3 is 2.36 bits per heavy atom. The Kier molecular flexibility index (Phi) is 5.64. The zero-order valence-corrected chi connectivity index (χ0v) is 15.5. The molecular formula is C19H18N2O7. The largest absolute Gasteiger partial charge is 0.493 e. The van der Waals surface area contributed by atoms with E-state index >= 15 is 0 Å². The molecule has 28 heavy (non-hydrogen) atoms. The Morgan fingerprint density at radius 2 is 1.75 bits per heavy atom. The quantitative estimate of drug-likeness (QED) is 0.624. The van der Waals surface area contributed by atoms with Gasteiger partial charge in [-0.2, -0.15) is 4.98 Å². The summed E-state index contributed by atoms with van der Waals surface area (Å²) in [6, 6.07) is 10.1. The molecule has 1 aromatic heterocycles. The van der Waals surface area contributed by atoms with Crippen LogP contribution in [0.25, 0.3) is 22.8 Å². The third kappa shape index (κ3) is 3.98. The van der Waals surface area contributed by atoms with Crippen molar-refractivity contribution in [2.75, 3.05) is 27.9 Å². The summed E-state index contributed by atoms with van der Waals surface area (Å²) < 4.78 is 26.5. The van der Waals surface area contributed by atoms with Crippen molar-refractivity contribution >= 4 is 5.97 Å². The molecule has 9 heteroatoms. The maximum atomic E-state index is 10.6. The van der Waals surface area contributed by atoms with Crippen LogP contribution in [0.3, 0.4) is 0 Å². The first-order valence-electron chi connectivity index (χ1n) is 8.14. The number of methoxy groups -OCH3 is 3. The van der Waals surface area contributed by atoms with Gasteiger partial charge in [0.2, 0.25) is 11.6 Å². The van der Waals surface area contributed by atoms with E-state index < -0.39 is 12.6 Å². The van der Waals surface area contributed by atoms with Crippen LogP contribution >= 0.6 is 0 Å². The molecule has 0 bridgehead atoms. The first-order chi connectivity index (χ1) is 13.5. The van der Waals surface area contributed by atoms with Gasteiger partial charge in [0.25, 0.3) is 5.89 Å². The molecule has 9 nitrogen and oxygen atoms in total. The number of ether oxygens (including phenoxy) is 4. The van der Waals surface area contributed by atoms with E-state index in [1.165, 1.54) is 21.3 Å². The second kappa shape index (κ2) is 8.30. The summed E-state index contributed by atoms with van der Waals surface area (Å²) in [5.41, 5.74) is 1.21. The van der Waals surface area contributed by atoms with E-state index in [9.17, 15) is 4.79 Å². The zero-order valence-electron chi connectivity index (χ0n) is 15.5. The van der Waals surface area contributed by atoms with Crippen LogP contribution in [0.5, 0.6) is 23.0 Å². The second-order valence-electron chi connectivity index (χ2n) is 5.55. The fraction of sp³-hybridized carbons (Fsp3) is 0.211. The third-order valence-electron chi connectivity index (χ3n) is 3.79. The lowest BCUT2D eigenvalue weighted by Crippen LogP contribution is -2.09. The molecular weight excluding hydrogens is 368 g/mol. The van der Waals surface area contributed by atoms with Gasteiger partial charge in [0.1, 0.15) is 5.75 Å². The van der Waals surface area contributed by atoms with Crippen molar-refractivity contribution in [3.8, 4) is 45.8 Å². The van der Waals surface area contributed by atoms with Gasteiger partial charge in [-0.15, -0.1) is 0 Å². The number of carboxylic acids is 1. The zero-order chi connectivity index (χ0) is 20.1. The lowest BCUT2D eigenvalue weighted by Gasteiger charge is -2.12. The van der Waals surface area contributed by atoms with Gasteiger partial charge in [0.05, 0.1) is 21.3 Å². The van der Waals surface area contributed by atoms with Gasteiger partial charge in [0.15, 0.2) is 18.1 Å². The topological polar surface area (TPSA) is 113 Å². The van der Waals surface area contributed by atoms with E-state index in [4.69, 9.17) is 28.6 Å². The van der Waals surface area contributed by atoms with Gasteiger partial charge in [-0.25, -0.2) is 4.79 Å². The Labute approximate surface area is 160 Å². The van der Waals surface area contributed by atoms with E-state index in [1.807, 2.05) is 0 Å². The fourth-order valence-corrected chi connectivity index (χ4v) is 2.53. The van der Waals surface area contributed by atoms with Crippen LogP contribution in [0.2, 0.25) is 0 Å². The third-order valence-corrected chi connectivity index (χ3v) is 3.79. The Balaban J connectivity index is 1.92. The van der Waals surface area contributed by atoms with E-state index in [0.29, 0.717) is 39.9 Å². The lowest BCUT2D eigenvalue weighted by molar-refractivity contribution is -0.139. The van der Waals surface area contributed by atoms with Crippen molar-refractivity contribution in [1.82, 2.24) is 10.1 Å². The first kappa shape index (κ1) is 19.0. The minimum atomic E-state index is -1.06. The average molecular weight is 386 g/mol.